The smallest absolute Gasteiger partial charge is 0.141 e. The predicted octanol–water partition coefficient (Wildman–Crippen LogP) is 2.93. The van der Waals surface area contributed by atoms with Crippen molar-refractivity contribution in [1.82, 2.24) is 14.9 Å². The molecular formula is C18H18N4O2. The van der Waals surface area contributed by atoms with Gasteiger partial charge in [0.05, 0.1) is 6.21 Å². The fourth-order valence-electron chi connectivity index (χ4n) is 2.06. The van der Waals surface area contributed by atoms with Crippen LogP contribution in [-0.2, 0) is 0 Å². The maximum absolute atomic E-state index is 5.67. The van der Waals surface area contributed by atoms with E-state index in [1.165, 1.54) is 22.9 Å². The van der Waals surface area contributed by atoms with Crippen molar-refractivity contribution in [2.75, 3.05) is 13.2 Å². The number of aryl methyl sites for hydroxylation is 1. The third-order valence-electron chi connectivity index (χ3n) is 3.24. The third-order valence-corrected chi connectivity index (χ3v) is 3.24. The molecule has 122 valence electrons. The quantitative estimate of drug-likeness (QED) is 0.496. The van der Waals surface area contributed by atoms with Crippen LogP contribution in [0.3, 0.4) is 0 Å². The highest BCUT2D eigenvalue weighted by atomic mass is 16.5. The summed E-state index contributed by atoms with van der Waals surface area (Å²) in [6, 6.07) is 15.6. The SMILES string of the molecule is Cc1cccc(OCCOc2ccc(C=Nn3cnnc3)cc2)c1. The number of ether oxygens (including phenoxy) is 2. The first-order valence-electron chi connectivity index (χ1n) is 7.61. The molecule has 3 aromatic rings. The Morgan fingerprint density at radius 1 is 0.958 bits per heavy atom. The lowest BCUT2D eigenvalue weighted by Crippen LogP contribution is -2.09. The van der Waals surface area contributed by atoms with Gasteiger partial charge in [-0.3, -0.25) is 0 Å². The minimum absolute atomic E-state index is 0.488. The molecular weight excluding hydrogens is 304 g/mol. The lowest BCUT2D eigenvalue weighted by atomic mass is 10.2. The molecule has 0 aliphatic carbocycles. The van der Waals surface area contributed by atoms with Crippen LogP contribution >= 0.6 is 0 Å². The molecule has 0 bridgehead atoms. The topological polar surface area (TPSA) is 61.5 Å². The highest BCUT2D eigenvalue weighted by molar-refractivity contribution is 5.79. The molecule has 0 amide bonds. The molecule has 0 aliphatic rings. The van der Waals surface area contributed by atoms with Crippen LogP contribution in [0.4, 0.5) is 0 Å². The van der Waals surface area contributed by atoms with Gasteiger partial charge in [-0.1, -0.05) is 12.1 Å². The van der Waals surface area contributed by atoms with E-state index in [1.807, 2.05) is 55.5 Å². The van der Waals surface area contributed by atoms with E-state index in [-0.39, 0.29) is 0 Å². The molecule has 0 saturated heterocycles. The van der Waals surface area contributed by atoms with Crippen molar-refractivity contribution in [2.24, 2.45) is 5.10 Å². The van der Waals surface area contributed by atoms with Gasteiger partial charge in [-0.2, -0.15) is 5.10 Å². The summed E-state index contributed by atoms with van der Waals surface area (Å²) in [5.41, 5.74) is 2.14. The van der Waals surface area contributed by atoms with Gasteiger partial charge in [-0.15, -0.1) is 10.2 Å². The number of rotatable bonds is 7. The Labute approximate surface area is 140 Å². The Morgan fingerprint density at radius 2 is 1.67 bits per heavy atom. The van der Waals surface area contributed by atoms with Crippen LogP contribution in [-0.4, -0.2) is 34.3 Å². The summed E-state index contributed by atoms with van der Waals surface area (Å²) in [7, 11) is 0. The first-order valence-corrected chi connectivity index (χ1v) is 7.61. The fourth-order valence-corrected chi connectivity index (χ4v) is 2.06. The second-order valence-corrected chi connectivity index (χ2v) is 5.17. The lowest BCUT2D eigenvalue weighted by Gasteiger charge is -2.09. The maximum atomic E-state index is 5.67. The van der Waals surface area contributed by atoms with Crippen LogP contribution in [0.5, 0.6) is 11.5 Å². The van der Waals surface area contributed by atoms with Gasteiger partial charge in [0.2, 0.25) is 0 Å². The Kier molecular flexibility index (Phi) is 5.19. The Bertz CT molecular complexity index is 783. The Balaban J connectivity index is 1.44. The van der Waals surface area contributed by atoms with Crippen LogP contribution in [0.2, 0.25) is 0 Å². The van der Waals surface area contributed by atoms with Crippen molar-refractivity contribution >= 4 is 6.21 Å². The maximum Gasteiger partial charge on any atom is 0.141 e. The largest absolute Gasteiger partial charge is 0.490 e. The highest BCUT2D eigenvalue weighted by Gasteiger charge is 1.97. The van der Waals surface area contributed by atoms with E-state index in [9.17, 15) is 0 Å². The Hall–Kier alpha value is -3.15. The van der Waals surface area contributed by atoms with Gasteiger partial charge in [0.1, 0.15) is 37.4 Å². The molecule has 3 rings (SSSR count). The lowest BCUT2D eigenvalue weighted by molar-refractivity contribution is 0.217. The summed E-state index contributed by atoms with van der Waals surface area (Å²) in [4.78, 5) is 0. The summed E-state index contributed by atoms with van der Waals surface area (Å²) >= 11 is 0. The summed E-state index contributed by atoms with van der Waals surface area (Å²) in [5, 5.41) is 11.6. The summed E-state index contributed by atoms with van der Waals surface area (Å²) in [6.45, 7) is 3.03. The number of hydrogen-bond acceptors (Lipinski definition) is 5. The zero-order valence-electron chi connectivity index (χ0n) is 13.4. The van der Waals surface area contributed by atoms with Crippen molar-refractivity contribution in [3.8, 4) is 11.5 Å². The second kappa shape index (κ2) is 7.92. The number of hydrogen-bond donors (Lipinski definition) is 0. The van der Waals surface area contributed by atoms with Crippen molar-refractivity contribution in [1.29, 1.82) is 0 Å². The summed E-state index contributed by atoms with van der Waals surface area (Å²) in [5.74, 6) is 1.66. The molecule has 0 fully saturated rings. The van der Waals surface area contributed by atoms with Crippen LogP contribution in [0.25, 0.3) is 0 Å². The molecule has 0 aliphatic heterocycles. The van der Waals surface area contributed by atoms with E-state index >= 15 is 0 Å². The van der Waals surface area contributed by atoms with Gasteiger partial charge < -0.3 is 9.47 Å². The van der Waals surface area contributed by atoms with E-state index in [2.05, 4.69) is 15.3 Å². The van der Waals surface area contributed by atoms with E-state index in [4.69, 9.17) is 9.47 Å². The molecule has 1 aromatic heterocycles. The predicted molar refractivity (Wildman–Crippen MR) is 91.6 cm³/mol. The van der Waals surface area contributed by atoms with E-state index in [0.717, 1.165) is 17.1 Å². The van der Waals surface area contributed by atoms with Crippen molar-refractivity contribution in [3.05, 3.63) is 72.3 Å². The van der Waals surface area contributed by atoms with Crippen LogP contribution in [0.15, 0.2) is 66.3 Å². The third kappa shape index (κ3) is 4.67. The molecule has 6 heteroatoms. The summed E-state index contributed by atoms with van der Waals surface area (Å²) < 4.78 is 12.9. The average molecular weight is 322 g/mol. The van der Waals surface area contributed by atoms with Gasteiger partial charge >= 0.3 is 0 Å². The molecule has 1 heterocycles. The van der Waals surface area contributed by atoms with Crippen molar-refractivity contribution in [3.63, 3.8) is 0 Å². The minimum Gasteiger partial charge on any atom is -0.490 e. The van der Waals surface area contributed by atoms with Gasteiger partial charge in [-0.25, -0.2) is 4.68 Å². The van der Waals surface area contributed by atoms with E-state index in [1.54, 1.807) is 6.21 Å². The molecule has 6 nitrogen and oxygen atoms in total. The highest BCUT2D eigenvalue weighted by Crippen LogP contribution is 2.13. The van der Waals surface area contributed by atoms with E-state index in [0.29, 0.717) is 13.2 Å². The number of benzene rings is 2. The second-order valence-electron chi connectivity index (χ2n) is 5.17. The standard InChI is InChI=1S/C18H18N4O2/c1-15-3-2-4-18(11-15)24-10-9-23-17-7-5-16(6-8-17)12-21-22-13-19-20-14-22/h2-8,11-14H,9-10H2,1H3. The van der Waals surface area contributed by atoms with Crippen molar-refractivity contribution in [2.45, 2.75) is 6.92 Å². The molecule has 0 radical (unpaired) electrons. The summed E-state index contributed by atoms with van der Waals surface area (Å²) in [6.07, 6.45) is 4.79. The van der Waals surface area contributed by atoms with Gasteiger partial charge in [-0.05, 0) is 54.4 Å². The van der Waals surface area contributed by atoms with Crippen LogP contribution < -0.4 is 9.47 Å². The number of nitrogens with zero attached hydrogens (tertiary/aromatic N) is 4. The van der Waals surface area contributed by atoms with Gasteiger partial charge in [0.25, 0.3) is 0 Å². The molecule has 24 heavy (non-hydrogen) atoms. The van der Waals surface area contributed by atoms with E-state index < -0.39 is 0 Å². The average Bonchev–Trinajstić information content (AvgIpc) is 3.12. The molecule has 0 spiro atoms. The molecule has 0 saturated carbocycles. The molecule has 0 N–H and O–H groups in total. The first kappa shape index (κ1) is 15.7. The number of aromatic nitrogens is 3. The molecule has 2 aromatic carbocycles. The normalized spacial score (nSPS) is 10.9. The van der Waals surface area contributed by atoms with Crippen LogP contribution in [0, 0.1) is 6.92 Å². The Morgan fingerprint density at radius 3 is 2.38 bits per heavy atom. The van der Waals surface area contributed by atoms with Crippen molar-refractivity contribution < 1.29 is 9.47 Å². The zero-order valence-corrected chi connectivity index (χ0v) is 13.4. The van der Waals surface area contributed by atoms with Gasteiger partial charge in [0, 0.05) is 0 Å². The minimum atomic E-state index is 0.488. The molecule has 0 atom stereocenters. The fraction of sp³-hybridized carbons (Fsp3) is 0.167. The van der Waals surface area contributed by atoms with Crippen LogP contribution in [0.1, 0.15) is 11.1 Å². The first-order chi connectivity index (χ1) is 11.8. The van der Waals surface area contributed by atoms with Gasteiger partial charge in [0.15, 0.2) is 0 Å². The molecule has 0 unspecified atom stereocenters. The monoisotopic (exact) mass is 322 g/mol. The zero-order chi connectivity index (χ0) is 16.6.